The van der Waals surface area contributed by atoms with Crippen LogP contribution in [-0.2, 0) is 11.3 Å². The fourth-order valence-electron chi connectivity index (χ4n) is 1.71. The maximum absolute atomic E-state index is 11.6. The molecule has 1 heterocycles. The Labute approximate surface area is 136 Å². The highest BCUT2D eigenvalue weighted by atomic mass is 79.9. The molecule has 6 heteroatoms. The quantitative estimate of drug-likeness (QED) is 0.854. The van der Waals surface area contributed by atoms with Gasteiger partial charge < -0.3 is 10.1 Å². The molecule has 1 aromatic carbocycles. The van der Waals surface area contributed by atoms with Gasteiger partial charge in [-0.15, -0.1) is 11.3 Å². The van der Waals surface area contributed by atoms with Crippen LogP contribution in [-0.4, -0.2) is 16.7 Å². The smallest absolute Gasteiger partial charge is 0.407 e. The lowest BCUT2D eigenvalue weighted by Crippen LogP contribution is -2.32. The Hall–Kier alpha value is -1.40. The van der Waals surface area contributed by atoms with Crippen LogP contribution in [0.1, 0.15) is 31.3 Å². The van der Waals surface area contributed by atoms with Crippen molar-refractivity contribution in [1.29, 1.82) is 0 Å². The molecule has 4 nitrogen and oxygen atoms in total. The Balaban J connectivity index is 2.04. The predicted octanol–water partition coefficient (Wildman–Crippen LogP) is 4.69. The summed E-state index contributed by atoms with van der Waals surface area (Å²) >= 11 is 4.86. The van der Waals surface area contributed by atoms with Crippen LogP contribution in [0.3, 0.4) is 0 Å². The van der Waals surface area contributed by atoms with Crippen LogP contribution < -0.4 is 5.32 Å². The van der Waals surface area contributed by atoms with Gasteiger partial charge in [0.05, 0.1) is 10.2 Å². The molecular weight excluding hydrogens is 352 g/mol. The van der Waals surface area contributed by atoms with Gasteiger partial charge in [-0.2, -0.15) is 0 Å². The van der Waals surface area contributed by atoms with Gasteiger partial charge in [-0.25, -0.2) is 9.78 Å². The molecular formula is C15H17BrN2O2S. The second kappa shape index (κ2) is 6.58. The number of rotatable bonds is 3. The maximum atomic E-state index is 11.6. The topological polar surface area (TPSA) is 51.2 Å². The van der Waals surface area contributed by atoms with E-state index in [9.17, 15) is 4.79 Å². The number of carbonyl (C=O) groups excluding carboxylic acids is 1. The predicted molar refractivity (Wildman–Crippen MR) is 90.7 cm³/mol. The molecule has 0 unspecified atom stereocenters. The van der Waals surface area contributed by atoms with Gasteiger partial charge in [0.1, 0.15) is 10.6 Å². The van der Waals surface area contributed by atoms with E-state index in [2.05, 4.69) is 26.2 Å². The first kappa shape index (κ1) is 16.0. The number of hydrogen-bond donors (Lipinski definition) is 1. The van der Waals surface area contributed by atoms with Crippen LogP contribution in [0.25, 0.3) is 16.3 Å². The van der Waals surface area contributed by atoms with Gasteiger partial charge in [-0.1, -0.05) is 22.0 Å². The van der Waals surface area contributed by atoms with Gasteiger partial charge in [0.25, 0.3) is 0 Å². The standard InChI is InChI=1S/C15H17BrN2O2S/c1-15(2,3)20-14(19)17-9-10-4-5-11-12(8-10)21-13(18-11)6-7-16/h4-8H,9H2,1-3H3,(H,17,19)/b7-6+. The molecule has 0 spiro atoms. The molecule has 0 aliphatic rings. The Kier molecular flexibility index (Phi) is 5.00. The number of hydrogen-bond acceptors (Lipinski definition) is 4. The minimum atomic E-state index is -0.484. The van der Waals surface area contributed by atoms with E-state index in [1.165, 1.54) is 0 Å². The van der Waals surface area contributed by atoms with Crippen LogP contribution in [0.4, 0.5) is 4.79 Å². The maximum Gasteiger partial charge on any atom is 0.407 e. The lowest BCUT2D eigenvalue weighted by atomic mass is 10.2. The van der Waals surface area contributed by atoms with Crippen LogP contribution in [0.5, 0.6) is 0 Å². The van der Waals surface area contributed by atoms with Crippen LogP contribution in [0.2, 0.25) is 0 Å². The minimum Gasteiger partial charge on any atom is -0.444 e. The van der Waals surface area contributed by atoms with E-state index in [1.54, 1.807) is 16.3 Å². The van der Waals surface area contributed by atoms with Gasteiger partial charge >= 0.3 is 6.09 Å². The molecule has 0 saturated carbocycles. The largest absolute Gasteiger partial charge is 0.444 e. The fourth-order valence-corrected chi connectivity index (χ4v) is 3.07. The van der Waals surface area contributed by atoms with Crippen molar-refractivity contribution in [2.24, 2.45) is 0 Å². The lowest BCUT2D eigenvalue weighted by molar-refractivity contribution is 0.0523. The molecule has 2 aromatic rings. The van der Waals surface area contributed by atoms with Crippen molar-refractivity contribution in [1.82, 2.24) is 10.3 Å². The zero-order valence-corrected chi connectivity index (χ0v) is 14.5. The number of alkyl carbamates (subject to hydrolysis) is 1. The highest BCUT2D eigenvalue weighted by molar-refractivity contribution is 9.11. The molecule has 21 heavy (non-hydrogen) atoms. The molecule has 0 bridgehead atoms. The summed E-state index contributed by atoms with van der Waals surface area (Å²) in [7, 11) is 0. The molecule has 1 amide bonds. The minimum absolute atomic E-state index is 0.408. The molecule has 0 saturated heterocycles. The number of nitrogens with one attached hydrogen (secondary N) is 1. The molecule has 0 aliphatic carbocycles. The Morgan fingerprint density at radius 2 is 2.24 bits per heavy atom. The zero-order chi connectivity index (χ0) is 15.5. The Morgan fingerprint density at radius 3 is 2.90 bits per heavy atom. The van der Waals surface area contributed by atoms with Crippen molar-refractivity contribution in [2.75, 3.05) is 0 Å². The molecule has 0 atom stereocenters. The van der Waals surface area contributed by atoms with E-state index in [0.29, 0.717) is 6.54 Å². The third kappa shape index (κ3) is 4.82. The summed E-state index contributed by atoms with van der Waals surface area (Å²) in [6, 6.07) is 5.96. The Bertz CT molecular complexity index is 674. The number of benzene rings is 1. The average Bonchev–Trinajstić information content (AvgIpc) is 2.76. The van der Waals surface area contributed by atoms with E-state index in [0.717, 1.165) is 20.8 Å². The third-order valence-corrected chi connectivity index (χ3v) is 3.76. The summed E-state index contributed by atoms with van der Waals surface area (Å²) in [5, 5.41) is 3.70. The van der Waals surface area contributed by atoms with Crippen molar-refractivity contribution in [3.05, 3.63) is 33.8 Å². The van der Waals surface area contributed by atoms with Crippen LogP contribution in [0.15, 0.2) is 23.2 Å². The number of amides is 1. The van der Waals surface area contributed by atoms with E-state index >= 15 is 0 Å². The lowest BCUT2D eigenvalue weighted by Gasteiger charge is -2.19. The first-order valence-electron chi connectivity index (χ1n) is 6.50. The highest BCUT2D eigenvalue weighted by Crippen LogP contribution is 2.24. The van der Waals surface area contributed by atoms with Gasteiger partial charge in [-0.05, 0) is 49.5 Å². The summed E-state index contributed by atoms with van der Waals surface area (Å²) in [4.78, 5) is 17.9. The van der Waals surface area contributed by atoms with Gasteiger partial charge in [0.15, 0.2) is 0 Å². The Morgan fingerprint density at radius 1 is 1.48 bits per heavy atom. The first-order chi connectivity index (χ1) is 9.87. The van der Waals surface area contributed by atoms with Crippen molar-refractivity contribution in [3.63, 3.8) is 0 Å². The number of carbonyl (C=O) groups is 1. The molecule has 0 fully saturated rings. The zero-order valence-electron chi connectivity index (χ0n) is 12.1. The molecule has 0 aliphatic heterocycles. The third-order valence-electron chi connectivity index (χ3n) is 2.51. The van der Waals surface area contributed by atoms with Gasteiger partial charge in [-0.3, -0.25) is 0 Å². The highest BCUT2D eigenvalue weighted by Gasteiger charge is 2.15. The number of nitrogens with zero attached hydrogens (tertiary/aromatic N) is 1. The number of ether oxygens (including phenoxy) is 1. The molecule has 0 radical (unpaired) electrons. The first-order valence-corrected chi connectivity index (χ1v) is 8.24. The summed E-state index contributed by atoms with van der Waals surface area (Å²) in [5.74, 6) is 0. The number of fused-ring (bicyclic) bond motifs is 1. The molecule has 1 N–H and O–H groups in total. The molecule has 1 aromatic heterocycles. The average molecular weight is 369 g/mol. The number of halogens is 1. The number of thiazole rings is 1. The second-order valence-corrected chi connectivity index (χ2v) is 7.09. The van der Waals surface area contributed by atoms with Crippen molar-refractivity contribution < 1.29 is 9.53 Å². The summed E-state index contributed by atoms with van der Waals surface area (Å²) < 4.78 is 6.31. The van der Waals surface area contributed by atoms with Crippen molar-refractivity contribution >= 4 is 49.7 Å². The van der Waals surface area contributed by atoms with Crippen molar-refractivity contribution in [3.8, 4) is 0 Å². The van der Waals surface area contributed by atoms with E-state index < -0.39 is 11.7 Å². The van der Waals surface area contributed by atoms with Gasteiger partial charge in [0.2, 0.25) is 0 Å². The SMILES string of the molecule is CC(C)(C)OC(=O)NCc1ccc2nc(/C=C/Br)sc2c1. The normalized spacial score (nSPS) is 12.0. The summed E-state index contributed by atoms with van der Waals surface area (Å²) in [5.41, 5.74) is 1.50. The second-order valence-electron chi connectivity index (χ2n) is 5.50. The fraction of sp³-hybridized carbons (Fsp3) is 0.333. The van der Waals surface area contributed by atoms with E-state index in [1.807, 2.05) is 45.0 Å². The van der Waals surface area contributed by atoms with E-state index in [-0.39, 0.29) is 0 Å². The van der Waals surface area contributed by atoms with Crippen molar-refractivity contribution in [2.45, 2.75) is 32.9 Å². The van der Waals surface area contributed by atoms with E-state index in [4.69, 9.17) is 4.74 Å². The summed E-state index contributed by atoms with van der Waals surface area (Å²) in [6.07, 6.45) is 1.50. The molecule has 2 rings (SSSR count). The number of aromatic nitrogens is 1. The van der Waals surface area contributed by atoms with Crippen LogP contribution >= 0.6 is 27.3 Å². The summed E-state index contributed by atoms with van der Waals surface area (Å²) in [6.45, 7) is 5.96. The van der Waals surface area contributed by atoms with Crippen LogP contribution in [0, 0.1) is 0 Å². The van der Waals surface area contributed by atoms with Gasteiger partial charge in [0, 0.05) is 6.54 Å². The molecule has 112 valence electrons. The monoisotopic (exact) mass is 368 g/mol.